The number of benzene rings is 1. The Hall–Kier alpha value is -1.36. The van der Waals surface area contributed by atoms with E-state index in [0.717, 1.165) is 37.8 Å². The van der Waals surface area contributed by atoms with Crippen LogP contribution in [-0.2, 0) is 0 Å². The van der Waals surface area contributed by atoms with E-state index in [1.807, 2.05) is 0 Å². The van der Waals surface area contributed by atoms with Crippen LogP contribution in [0.4, 0.5) is 15.8 Å². The topological polar surface area (TPSA) is 55.2 Å². The van der Waals surface area contributed by atoms with Crippen LogP contribution in [-0.4, -0.2) is 11.0 Å². The van der Waals surface area contributed by atoms with Gasteiger partial charge in [0.2, 0.25) is 0 Å². The lowest BCUT2D eigenvalue weighted by Gasteiger charge is -2.23. The monoisotopic (exact) mass is 272 g/mol. The van der Waals surface area contributed by atoms with Crippen molar-refractivity contribution in [3.05, 3.63) is 33.1 Å². The summed E-state index contributed by atoms with van der Waals surface area (Å²) in [6.07, 6.45) is 5.31. The fourth-order valence-electron chi connectivity index (χ4n) is 2.27. The second-order valence-electron chi connectivity index (χ2n) is 4.52. The van der Waals surface area contributed by atoms with Crippen LogP contribution in [0.5, 0.6) is 0 Å². The van der Waals surface area contributed by atoms with Gasteiger partial charge in [0, 0.05) is 18.2 Å². The van der Waals surface area contributed by atoms with Crippen LogP contribution in [0.15, 0.2) is 12.1 Å². The summed E-state index contributed by atoms with van der Waals surface area (Å²) in [5.41, 5.74) is 0.0424. The third-order valence-electron chi connectivity index (χ3n) is 3.20. The molecule has 0 radical (unpaired) electrons. The van der Waals surface area contributed by atoms with Crippen LogP contribution < -0.4 is 5.32 Å². The van der Waals surface area contributed by atoms with Gasteiger partial charge in [-0.3, -0.25) is 10.1 Å². The lowest BCUT2D eigenvalue weighted by molar-refractivity contribution is -0.384. The molecule has 1 saturated carbocycles. The quantitative estimate of drug-likeness (QED) is 0.665. The summed E-state index contributed by atoms with van der Waals surface area (Å²) in [5.74, 6) is -0.638. The first-order chi connectivity index (χ1) is 8.58. The third-order valence-corrected chi connectivity index (χ3v) is 3.49. The zero-order chi connectivity index (χ0) is 13.1. The minimum atomic E-state index is -0.638. The molecule has 0 saturated heterocycles. The Morgan fingerprint density at radius 3 is 2.61 bits per heavy atom. The number of rotatable bonds is 3. The van der Waals surface area contributed by atoms with Gasteiger partial charge in [0.05, 0.1) is 9.95 Å². The van der Waals surface area contributed by atoms with Crippen LogP contribution in [0.2, 0.25) is 5.02 Å². The van der Waals surface area contributed by atoms with E-state index in [1.165, 1.54) is 6.42 Å². The molecule has 0 bridgehead atoms. The Morgan fingerprint density at radius 2 is 2.00 bits per heavy atom. The number of nitro groups is 1. The number of nitrogens with zero attached hydrogens (tertiary/aromatic N) is 1. The first-order valence-corrected chi connectivity index (χ1v) is 6.35. The Labute approximate surface area is 109 Å². The average Bonchev–Trinajstić information content (AvgIpc) is 2.34. The highest BCUT2D eigenvalue weighted by Crippen LogP contribution is 2.32. The molecule has 0 unspecified atom stereocenters. The molecule has 4 nitrogen and oxygen atoms in total. The molecular weight excluding hydrogens is 259 g/mol. The lowest BCUT2D eigenvalue weighted by atomic mass is 9.95. The van der Waals surface area contributed by atoms with Crippen molar-refractivity contribution < 1.29 is 9.31 Å². The number of nitrogens with one attached hydrogen (secondary N) is 1. The second kappa shape index (κ2) is 5.52. The summed E-state index contributed by atoms with van der Waals surface area (Å²) >= 11 is 5.57. The van der Waals surface area contributed by atoms with E-state index >= 15 is 0 Å². The molecule has 2 rings (SSSR count). The third kappa shape index (κ3) is 2.90. The summed E-state index contributed by atoms with van der Waals surface area (Å²) in [6.45, 7) is 0. The molecule has 0 atom stereocenters. The smallest absolute Gasteiger partial charge is 0.294 e. The Balaban J connectivity index is 2.24. The molecule has 1 aromatic carbocycles. The van der Waals surface area contributed by atoms with Gasteiger partial charge in [0.1, 0.15) is 11.5 Å². The summed E-state index contributed by atoms with van der Waals surface area (Å²) in [7, 11) is 0. The van der Waals surface area contributed by atoms with Gasteiger partial charge >= 0.3 is 0 Å². The fraction of sp³-hybridized carbons (Fsp3) is 0.500. The normalized spacial score (nSPS) is 16.6. The molecule has 0 amide bonds. The van der Waals surface area contributed by atoms with Gasteiger partial charge in [-0.05, 0) is 12.8 Å². The molecule has 1 aliphatic rings. The van der Waals surface area contributed by atoms with Crippen molar-refractivity contribution in [2.45, 2.75) is 38.1 Å². The standard InChI is InChI=1S/C12H14ClFN2O2/c13-9-6-12(16(17)18)11(7-10(9)14)15-8-4-2-1-3-5-8/h6-8,15H,1-5H2. The fourth-order valence-corrected chi connectivity index (χ4v) is 2.43. The molecule has 18 heavy (non-hydrogen) atoms. The SMILES string of the molecule is O=[N+]([O-])c1cc(Cl)c(F)cc1NC1CCCCC1. The van der Waals surface area contributed by atoms with Crippen LogP contribution >= 0.6 is 11.6 Å². The van der Waals surface area contributed by atoms with Crippen molar-refractivity contribution in [2.24, 2.45) is 0 Å². The molecule has 0 aromatic heterocycles. The van der Waals surface area contributed by atoms with Gasteiger partial charge in [-0.1, -0.05) is 30.9 Å². The molecule has 1 aromatic rings. The number of nitro benzene ring substituents is 1. The minimum absolute atomic E-state index is 0.174. The molecular formula is C12H14ClFN2O2. The Kier molecular flexibility index (Phi) is 4.01. The van der Waals surface area contributed by atoms with Crippen LogP contribution in [0, 0.1) is 15.9 Å². The minimum Gasteiger partial charge on any atom is -0.377 e. The highest BCUT2D eigenvalue weighted by atomic mass is 35.5. The van der Waals surface area contributed by atoms with Crippen LogP contribution in [0.25, 0.3) is 0 Å². The number of anilines is 1. The summed E-state index contributed by atoms with van der Waals surface area (Å²) in [5, 5.41) is 13.7. The van der Waals surface area contributed by atoms with Gasteiger partial charge < -0.3 is 5.32 Å². The maximum absolute atomic E-state index is 13.4. The first-order valence-electron chi connectivity index (χ1n) is 5.98. The van der Waals surface area contributed by atoms with Gasteiger partial charge in [-0.25, -0.2) is 4.39 Å². The molecule has 6 heteroatoms. The van der Waals surface area contributed by atoms with E-state index < -0.39 is 10.7 Å². The van der Waals surface area contributed by atoms with Crippen LogP contribution in [0.1, 0.15) is 32.1 Å². The van der Waals surface area contributed by atoms with E-state index in [1.54, 1.807) is 0 Å². The molecule has 98 valence electrons. The molecule has 0 spiro atoms. The van der Waals surface area contributed by atoms with E-state index in [2.05, 4.69) is 5.32 Å². The van der Waals surface area contributed by atoms with E-state index in [0.29, 0.717) is 0 Å². The van der Waals surface area contributed by atoms with Crippen molar-refractivity contribution in [1.29, 1.82) is 0 Å². The van der Waals surface area contributed by atoms with Crippen molar-refractivity contribution in [1.82, 2.24) is 0 Å². The largest absolute Gasteiger partial charge is 0.377 e. The Morgan fingerprint density at radius 1 is 1.33 bits per heavy atom. The Bertz CT molecular complexity index is 462. The summed E-state index contributed by atoms with van der Waals surface area (Å²) < 4.78 is 13.4. The molecule has 1 fully saturated rings. The number of hydrogen-bond donors (Lipinski definition) is 1. The van der Waals surface area contributed by atoms with Crippen molar-refractivity contribution in [2.75, 3.05) is 5.32 Å². The number of halogens is 2. The first kappa shape index (κ1) is 13.1. The summed E-state index contributed by atoms with van der Waals surface area (Å²) in [4.78, 5) is 10.4. The molecule has 1 N–H and O–H groups in total. The average molecular weight is 273 g/mol. The van der Waals surface area contributed by atoms with Crippen molar-refractivity contribution in [3.63, 3.8) is 0 Å². The van der Waals surface area contributed by atoms with Gasteiger partial charge in [0.15, 0.2) is 0 Å². The van der Waals surface area contributed by atoms with E-state index in [4.69, 9.17) is 11.6 Å². The zero-order valence-electron chi connectivity index (χ0n) is 9.79. The van der Waals surface area contributed by atoms with Gasteiger partial charge in [-0.2, -0.15) is 0 Å². The highest BCUT2D eigenvalue weighted by molar-refractivity contribution is 6.31. The van der Waals surface area contributed by atoms with Gasteiger partial charge in [-0.15, -0.1) is 0 Å². The van der Waals surface area contributed by atoms with Crippen molar-refractivity contribution >= 4 is 23.0 Å². The second-order valence-corrected chi connectivity index (χ2v) is 4.93. The van der Waals surface area contributed by atoms with Crippen LogP contribution in [0.3, 0.4) is 0 Å². The molecule has 0 heterocycles. The van der Waals surface area contributed by atoms with Crippen molar-refractivity contribution in [3.8, 4) is 0 Å². The molecule has 0 aliphatic heterocycles. The predicted octanol–water partition coefficient (Wildman–Crippen LogP) is 4.13. The highest BCUT2D eigenvalue weighted by Gasteiger charge is 2.21. The van der Waals surface area contributed by atoms with E-state index in [-0.39, 0.29) is 22.4 Å². The van der Waals surface area contributed by atoms with E-state index in [9.17, 15) is 14.5 Å². The van der Waals surface area contributed by atoms with Gasteiger partial charge in [0.25, 0.3) is 5.69 Å². The maximum Gasteiger partial charge on any atom is 0.294 e. The number of hydrogen-bond acceptors (Lipinski definition) is 3. The maximum atomic E-state index is 13.4. The predicted molar refractivity (Wildman–Crippen MR) is 68.6 cm³/mol. The molecule has 1 aliphatic carbocycles. The zero-order valence-corrected chi connectivity index (χ0v) is 10.5. The summed E-state index contributed by atoms with van der Waals surface area (Å²) in [6, 6.07) is 2.34. The lowest BCUT2D eigenvalue weighted by Crippen LogP contribution is -2.22.